The van der Waals surface area contributed by atoms with Crippen LogP contribution in [0.5, 0.6) is 0 Å². The Balaban J connectivity index is 2.09. The van der Waals surface area contributed by atoms with Crippen molar-refractivity contribution < 1.29 is 36.3 Å². The monoisotopic (exact) mass is 644 g/mol. The van der Waals surface area contributed by atoms with Gasteiger partial charge in [-0.2, -0.15) is 17.9 Å². The summed E-state index contributed by atoms with van der Waals surface area (Å²) in [6, 6.07) is -0.259. The number of hydrogen-bond donors (Lipinski definition) is 3. The number of aromatic nitrogens is 1. The summed E-state index contributed by atoms with van der Waals surface area (Å²) in [7, 11) is -4.74. The number of likely N-dealkylation sites (tertiary alicyclic amines) is 1. The van der Waals surface area contributed by atoms with Crippen LogP contribution in [0.25, 0.3) is 10.4 Å². The lowest BCUT2D eigenvalue weighted by atomic mass is 10.1. The van der Waals surface area contributed by atoms with Gasteiger partial charge in [-0.1, -0.05) is 36.2 Å². The van der Waals surface area contributed by atoms with E-state index in [0.29, 0.717) is 19.9 Å². The van der Waals surface area contributed by atoms with E-state index in [-0.39, 0.29) is 38.8 Å². The zero-order valence-corrected chi connectivity index (χ0v) is 25.2. The lowest BCUT2D eigenvalue weighted by Crippen LogP contribution is -2.43. The van der Waals surface area contributed by atoms with Gasteiger partial charge in [0, 0.05) is 24.7 Å². The standard InChI is InChI=1S/C24H29Cl2F3N4O5S2/c1-5-13-7-6-10-33(13)22(35)18-19(39-21(31-18)20(34)30-11-23(3,4)36)14-8-9-15(17(26)16(14)25)40(37,38)32-12(2)24(27,28)29/h8-9,12-13,32,36H,5-7,10-11H2,1-4H3,(H,30,34)/t12-,13-/m0/s1. The van der Waals surface area contributed by atoms with Crippen molar-refractivity contribution in [3.8, 4) is 10.4 Å². The molecule has 40 heavy (non-hydrogen) atoms. The summed E-state index contributed by atoms with van der Waals surface area (Å²) >= 11 is 13.5. The van der Waals surface area contributed by atoms with Crippen LogP contribution in [-0.2, 0) is 10.0 Å². The van der Waals surface area contributed by atoms with Crippen LogP contribution < -0.4 is 10.0 Å². The molecule has 9 nitrogen and oxygen atoms in total. The van der Waals surface area contributed by atoms with Crippen molar-refractivity contribution in [2.45, 2.75) is 75.7 Å². The highest BCUT2D eigenvalue weighted by Gasteiger charge is 2.40. The summed E-state index contributed by atoms with van der Waals surface area (Å²) in [5.41, 5.74) is -1.24. The van der Waals surface area contributed by atoms with Crippen molar-refractivity contribution >= 4 is 56.4 Å². The van der Waals surface area contributed by atoms with E-state index in [1.54, 1.807) is 4.90 Å². The molecular formula is C24H29Cl2F3N4O5S2. The number of rotatable bonds is 9. The number of alkyl halides is 3. The molecule has 0 unspecified atom stereocenters. The van der Waals surface area contributed by atoms with Crippen LogP contribution in [0, 0.1) is 0 Å². The molecule has 2 amide bonds. The largest absolute Gasteiger partial charge is 0.404 e. The zero-order valence-electron chi connectivity index (χ0n) is 22.0. The van der Waals surface area contributed by atoms with E-state index in [9.17, 15) is 36.3 Å². The molecule has 0 bridgehead atoms. The summed E-state index contributed by atoms with van der Waals surface area (Å²) in [5.74, 6) is -1.12. The summed E-state index contributed by atoms with van der Waals surface area (Å²) in [6.07, 6.45) is -2.56. The van der Waals surface area contributed by atoms with Crippen molar-refractivity contribution in [3.05, 3.63) is 32.9 Å². The minimum Gasteiger partial charge on any atom is -0.389 e. The van der Waals surface area contributed by atoms with Gasteiger partial charge in [0.25, 0.3) is 11.8 Å². The van der Waals surface area contributed by atoms with Crippen LogP contribution in [0.15, 0.2) is 17.0 Å². The highest BCUT2D eigenvalue weighted by molar-refractivity contribution is 7.89. The number of sulfonamides is 1. The van der Waals surface area contributed by atoms with Crippen LogP contribution in [0.1, 0.15) is 67.2 Å². The molecule has 2 atom stereocenters. The number of carbonyl (C=O) groups is 2. The Morgan fingerprint density at radius 2 is 1.90 bits per heavy atom. The molecule has 2 heterocycles. The first-order valence-electron chi connectivity index (χ1n) is 12.3. The Morgan fingerprint density at radius 3 is 2.48 bits per heavy atom. The minimum absolute atomic E-state index is 0.0391. The number of aliphatic hydroxyl groups is 1. The predicted octanol–water partition coefficient (Wildman–Crippen LogP) is 4.86. The number of nitrogens with zero attached hydrogens (tertiary/aromatic N) is 2. The third-order valence-electron chi connectivity index (χ3n) is 6.22. The van der Waals surface area contributed by atoms with Gasteiger partial charge in [-0.3, -0.25) is 9.59 Å². The van der Waals surface area contributed by atoms with Gasteiger partial charge < -0.3 is 15.3 Å². The van der Waals surface area contributed by atoms with Crippen molar-refractivity contribution in [3.63, 3.8) is 0 Å². The van der Waals surface area contributed by atoms with Gasteiger partial charge in [0.15, 0.2) is 5.01 Å². The third kappa shape index (κ3) is 7.26. The summed E-state index contributed by atoms with van der Waals surface area (Å²) < 4.78 is 65.8. The van der Waals surface area contributed by atoms with E-state index < -0.39 is 49.6 Å². The number of thiazole rings is 1. The molecule has 3 rings (SSSR count). The van der Waals surface area contributed by atoms with Gasteiger partial charge in [0.05, 0.1) is 20.5 Å². The van der Waals surface area contributed by atoms with Gasteiger partial charge in [-0.05, 0) is 46.1 Å². The van der Waals surface area contributed by atoms with E-state index in [1.807, 2.05) is 6.92 Å². The molecule has 3 N–H and O–H groups in total. The molecule has 1 aromatic carbocycles. The van der Waals surface area contributed by atoms with Crippen LogP contribution in [-0.4, -0.2) is 72.2 Å². The molecule has 222 valence electrons. The highest BCUT2D eigenvalue weighted by atomic mass is 35.5. The average molecular weight is 646 g/mol. The predicted molar refractivity (Wildman–Crippen MR) is 146 cm³/mol. The first kappa shape index (κ1) is 32.5. The molecule has 1 aromatic heterocycles. The Hall–Kier alpha value is -1.97. The fourth-order valence-electron chi connectivity index (χ4n) is 4.06. The topological polar surface area (TPSA) is 129 Å². The number of hydrogen-bond acceptors (Lipinski definition) is 7. The molecule has 0 radical (unpaired) electrons. The van der Waals surface area contributed by atoms with E-state index in [0.717, 1.165) is 30.2 Å². The smallest absolute Gasteiger partial charge is 0.389 e. The van der Waals surface area contributed by atoms with Gasteiger partial charge >= 0.3 is 6.18 Å². The number of amides is 2. The molecule has 1 aliphatic heterocycles. The number of benzene rings is 1. The molecule has 16 heteroatoms. The van der Waals surface area contributed by atoms with E-state index in [1.165, 1.54) is 24.6 Å². The Kier molecular flexibility index (Phi) is 9.84. The summed E-state index contributed by atoms with van der Waals surface area (Å²) in [5, 5.41) is 11.5. The van der Waals surface area contributed by atoms with Crippen LogP contribution in [0.3, 0.4) is 0 Å². The molecule has 1 aliphatic rings. The van der Waals surface area contributed by atoms with Crippen LogP contribution >= 0.6 is 34.5 Å². The van der Waals surface area contributed by atoms with Crippen molar-refractivity contribution in [2.75, 3.05) is 13.1 Å². The molecule has 1 saturated heterocycles. The summed E-state index contributed by atoms with van der Waals surface area (Å²) in [6.45, 7) is 5.95. The maximum absolute atomic E-state index is 13.6. The molecule has 2 aromatic rings. The molecule has 0 spiro atoms. The number of nitrogens with one attached hydrogen (secondary N) is 2. The van der Waals surface area contributed by atoms with Crippen LogP contribution in [0.2, 0.25) is 10.0 Å². The lowest BCUT2D eigenvalue weighted by Gasteiger charge is -2.23. The van der Waals surface area contributed by atoms with E-state index in [2.05, 4.69) is 10.3 Å². The minimum atomic E-state index is -4.84. The Labute approximate surface area is 244 Å². The summed E-state index contributed by atoms with van der Waals surface area (Å²) in [4.78, 5) is 31.8. The molecule has 1 fully saturated rings. The second-order valence-corrected chi connectivity index (χ2v) is 13.5. The van der Waals surface area contributed by atoms with E-state index >= 15 is 0 Å². The molecule has 0 saturated carbocycles. The zero-order chi connectivity index (χ0) is 30.2. The van der Waals surface area contributed by atoms with Gasteiger partial charge in [0.2, 0.25) is 10.0 Å². The fourth-order valence-corrected chi connectivity index (χ4v) is 7.22. The van der Waals surface area contributed by atoms with Crippen LogP contribution in [0.4, 0.5) is 13.2 Å². The van der Waals surface area contributed by atoms with Crippen molar-refractivity contribution in [2.24, 2.45) is 0 Å². The SMILES string of the molecule is CC[C@H]1CCCN1C(=O)c1nc(C(=O)NCC(C)(C)O)sc1-c1ccc(S(=O)(=O)N[C@@H](C)C(F)(F)F)c(Cl)c1Cl. The number of halogens is 5. The Morgan fingerprint density at radius 1 is 1.25 bits per heavy atom. The van der Waals surface area contributed by atoms with E-state index in [4.69, 9.17) is 23.2 Å². The first-order valence-corrected chi connectivity index (χ1v) is 15.3. The number of carbonyl (C=O) groups excluding carboxylic acids is 2. The average Bonchev–Trinajstić information content (AvgIpc) is 3.50. The second kappa shape index (κ2) is 12.1. The van der Waals surface area contributed by atoms with Crippen molar-refractivity contribution in [1.29, 1.82) is 0 Å². The third-order valence-corrected chi connectivity index (χ3v) is 9.88. The van der Waals surface area contributed by atoms with Gasteiger partial charge in [-0.15, -0.1) is 11.3 Å². The van der Waals surface area contributed by atoms with Crippen molar-refractivity contribution in [1.82, 2.24) is 19.9 Å². The molecule has 0 aliphatic carbocycles. The van der Waals surface area contributed by atoms with Gasteiger partial charge in [0.1, 0.15) is 16.6 Å². The maximum Gasteiger partial charge on any atom is 0.404 e. The normalized spacial score (nSPS) is 17.2. The first-order chi connectivity index (χ1) is 18.4. The molecular weight excluding hydrogens is 616 g/mol. The maximum atomic E-state index is 13.6. The fraction of sp³-hybridized carbons (Fsp3) is 0.542. The van der Waals surface area contributed by atoms with Gasteiger partial charge in [-0.25, -0.2) is 13.4 Å². The quantitative estimate of drug-likeness (QED) is 0.358. The lowest BCUT2D eigenvalue weighted by molar-refractivity contribution is -0.147. The highest BCUT2D eigenvalue weighted by Crippen LogP contribution is 2.42. The Bertz CT molecular complexity index is 1390. The second-order valence-electron chi connectivity index (χ2n) is 10.0.